The number of carbonyl (C=O) groups is 1. The predicted octanol–water partition coefficient (Wildman–Crippen LogP) is 5.31. The van der Waals surface area contributed by atoms with Crippen molar-refractivity contribution in [1.82, 2.24) is 9.97 Å². The van der Waals surface area contributed by atoms with E-state index in [0.717, 1.165) is 22.5 Å². The van der Waals surface area contributed by atoms with Crippen molar-refractivity contribution in [2.75, 3.05) is 5.32 Å². The van der Waals surface area contributed by atoms with Gasteiger partial charge >= 0.3 is 0 Å². The number of hydrogen-bond donors (Lipinski definition) is 1. The number of hydrogen-bond acceptors (Lipinski definition) is 4. The summed E-state index contributed by atoms with van der Waals surface area (Å²) >= 11 is 6.07. The number of carbonyl (C=O) groups excluding carboxylic acids is 1. The Morgan fingerprint density at radius 2 is 1.67 bits per heavy atom. The number of oxazole rings is 1. The lowest BCUT2D eigenvalue weighted by atomic mass is 10.1. The molecule has 132 valence electrons. The molecule has 2 aromatic carbocycles. The number of halogens is 1. The van der Waals surface area contributed by atoms with Crippen LogP contribution in [0.1, 0.15) is 10.5 Å². The molecule has 1 amide bonds. The fraction of sp³-hybridized carbons (Fsp3) is 0. The van der Waals surface area contributed by atoms with Gasteiger partial charge in [-0.2, -0.15) is 0 Å². The van der Waals surface area contributed by atoms with Gasteiger partial charge in [-0.05, 0) is 36.4 Å². The van der Waals surface area contributed by atoms with E-state index in [4.69, 9.17) is 21.0 Å². The molecular weight excluding hydrogens is 362 g/mol. The number of anilines is 1. The molecule has 0 aliphatic heterocycles. The van der Waals surface area contributed by atoms with Crippen molar-refractivity contribution in [2.24, 2.45) is 0 Å². The summed E-state index contributed by atoms with van der Waals surface area (Å²) in [4.78, 5) is 20.5. The molecule has 27 heavy (non-hydrogen) atoms. The Kier molecular flexibility index (Phi) is 4.68. The minimum atomic E-state index is -0.322. The zero-order chi connectivity index (χ0) is 18.6. The van der Waals surface area contributed by atoms with Crippen molar-refractivity contribution in [3.8, 4) is 22.5 Å². The average Bonchev–Trinajstić information content (AvgIpc) is 3.24. The second kappa shape index (κ2) is 7.43. The first-order valence-corrected chi connectivity index (χ1v) is 8.60. The molecule has 1 N–H and O–H groups in total. The molecule has 2 aromatic heterocycles. The van der Waals surface area contributed by atoms with E-state index < -0.39 is 0 Å². The normalized spacial score (nSPS) is 10.6. The summed E-state index contributed by atoms with van der Waals surface area (Å²) in [6.07, 6.45) is 2.52. The molecule has 0 unspecified atom stereocenters. The highest BCUT2D eigenvalue weighted by Crippen LogP contribution is 2.25. The van der Waals surface area contributed by atoms with Crippen LogP contribution in [0.4, 0.5) is 5.69 Å². The van der Waals surface area contributed by atoms with E-state index in [2.05, 4.69) is 10.3 Å². The Balaban J connectivity index is 1.55. The van der Waals surface area contributed by atoms with Gasteiger partial charge in [0, 0.05) is 21.8 Å². The van der Waals surface area contributed by atoms with Crippen LogP contribution in [0.5, 0.6) is 0 Å². The zero-order valence-electron chi connectivity index (χ0n) is 14.1. The standard InChI is InChI=1S/C21H14ClN3O2/c22-16-4-1-3-15(11-16)19-6-2-5-18(25-19)14-7-9-17(10-8-14)24-21(26)20-12-27-13-23-20/h1-13H,(H,24,26). The molecule has 5 nitrogen and oxygen atoms in total. The van der Waals surface area contributed by atoms with Crippen LogP contribution in [-0.4, -0.2) is 15.9 Å². The van der Waals surface area contributed by atoms with E-state index in [1.807, 2.05) is 66.7 Å². The molecule has 4 rings (SSSR count). The third kappa shape index (κ3) is 3.88. The molecule has 0 aliphatic carbocycles. The molecule has 4 aromatic rings. The van der Waals surface area contributed by atoms with Crippen molar-refractivity contribution >= 4 is 23.2 Å². The van der Waals surface area contributed by atoms with Crippen molar-refractivity contribution in [2.45, 2.75) is 0 Å². The maximum absolute atomic E-state index is 12.0. The van der Waals surface area contributed by atoms with Gasteiger partial charge < -0.3 is 9.73 Å². The molecule has 2 heterocycles. The van der Waals surface area contributed by atoms with Crippen LogP contribution in [0.15, 0.2) is 83.8 Å². The highest BCUT2D eigenvalue weighted by Gasteiger charge is 2.09. The van der Waals surface area contributed by atoms with Crippen LogP contribution in [0, 0.1) is 0 Å². The maximum atomic E-state index is 12.0. The summed E-state index contributed by atoms with van der Waals surface area (Å²) in [5, 5.41) is 3.44. The number of aromatic nitrogens is 2. The lowest BCUT2D eigenvalue weighted by molar-refractivity contribution is 0.102. The van der Waals surface area contributed by atoms with Crippen molar-refractivity contribution in [1.29, 1.82) is 0 Å². The van der Waals surface area contributed by atoms with Crippen molar-refractivity contribution < 1.29 is 9.21 Å². The molecule has 0 aliphatic rings. The van der Waals surface area contributed by atoms with Gasteiger partial charge in [0.2, 0.25) is 0 Å². The van der Waals surface area contributed by atoms with Gasteiger partial charge in [-0.15, -0.1) is 0 Å². The molecule has 0 saturated carbocycles. The first kappa shape index (κ1) is 17.0. The summed E-state index contributed by atoms with van der Waals surface area (Å²) < 4.78 is 4.82. The fourth-order valence-electron chi connectivity index (χ4n) is 2.65. The number of nitrogens with one attached hydrogen (secondary N) is 1. The predicted molar refractivity (Wildman–Crippen MR) is 105 cm³/mol. The van der Waals surface area contributed by atoms with E-state index in [0.29, 0.717) is 10.7 Å². The summed E-state index contributed by atoms with van der Waals surface area (Å²) in [5.41, 5.74) is 4.48. The number of rotatable bonds is 4. The second-order valence-electron chi connectivity index (χ2n) is 5.82. The maximum Gasteiger partial charge on any atom is 0.277 e. The van der Waals surface area contributed by atoms with Gasteiger partial charge in [0.15, 0.2) is 12.1 Å². The highest BCUT2D eigenvalue weighted by molar-refractivity contribution is 6.30. The van der Waals surface area contributed by atoms with Crippen molar-refractivity contribution in [3.63, 3.8) is 0 Å². The third-order valence-electron chi connectivity index (χ3n) is 3.97. The smallest absolute Gasteiger partial charge is 0.277 e. The van der Waals surface area contributed by atoms with Gasteiger partial charge in [0.25, 0.3) is 5.91 Å². The van der Waals surface area contributed by atoms with Crippen LogP contribution >= 0.6 is 11.6 Å². The SMILES string of the molecule is O=C(Nc1ccc(-c2cccc(-c3cccc(Cl)c3)n2)cc1)c1cocn1. The van der Waals surface area contributed by atoms with Gasteiger partial charge in [-0.1, -0.05) is 41.9 Å². The molecule has 0 bridgehead atoms. The molecule has 6 heteroatoms. The lowest BCUT2D eigenvalue weighted by Crippen LogP contribution is -2.11. The first-order valence-electron chi connectivity index (χ1n) is 8.22. The lowest BCUT2D eigenvalue weighted by Gasteiger charge is -2.07. The summed E-state index contributed by atoms with van der Waals surface area (Å²) in [7, 11) is 0. The Morgan fingerprint density at radius 1 is 0.926 bits per heavy atom. The molecule has 0 atom stereocenters. The van der Waals surface area contributed by atoms with Crippen LogP contribution < -0.4 is 5.32 Å². The van der Waals surface area contributed by atoms with Gasteiger partial charge in [0.1, 0.15) is 6.26 Å². The zero-order valence-corrected chi connectivity index (χ0v) is 14.9. The van der Waals surface area contributed by atoms with Crippen LogP contribution in [0.3, 0.4) is 0 Å². The molecule has 0 spiro atoms. The molecule has 0 fully saturated rings. The number of nitrogens with zero attached hydrogens (tertiary/aromatic N) is 2. The summed E-state index contributed by atoms with van der Waals surface area (Å²) in [6.45, 7) is 0. The van der Waals surface area contributed by atoms with E-state index >= 15 is 0 Å². The number of benzene rings is 2. The topological polar surface area (TPSA) is 68.0 Å². The van der Waals surface area contributed by atoms with E-state index in [1.165, 1.54) is 12.7 Å². The number of amides is 1. The molecular formula is C21H14ClN3O2. The van der Waals surface area contributed by atoms with Crippen LogP contribution in [0.2, 0.25) is 5.02 Å². The molecule has 0 radical (unpaired) electrons. The first-order chi connectivity index (χ1) is 13.2. The van der Waals surface area contributed by atoms with E-state index in [9.17, 15) is 4.79 Å². The Morgan fingerprint density at radius 3 is 2.37 bits per heavy atom. The number of pyridine rings is 1. The highest BCUT2D eigenvalue weighted by atomic mass is 35.5. The largest absolute Gasteiger partial charge is 0.451 e. The minimum absolute atomic E-state index is 0.231. The summed E-state index contributed by atoms with van der Waals surface area (Å²) in [5.74, 6) is -0.322. The van der Waals surface area contributed by atoms with Crippen LogP contribution in [0.25, 0.3) is 22.5 Å². The van der Waals surface area contributed by atoms with Crippen molar-refractivity contribution in [3.05, 3.63) is 90.1 Å². The van der Waals surface area contributed by atoms with Gasteiger partial charge in [-0.25, -0.2) is 9.97 Å². The minimum Gasteiger partial charge on any atom is -0.451 e. The Bertz CT molecular complexity index is 1080. The summed E-state index contributed by atoms with van der Waals surface area (Å²) in [6, 6.07) is 20.9. The Hall–Kier alpha value is -3.44. The van der Waals surface area contributed by atoms with Crippen LogP contribution in [-0.2, 0) is 0 Å². The third-order valence-corrected chi connectivity index (χ3v) is 4.21. The fourth-order valence-corrected chi connectivity index (χ4v) is 2.84. The monoisotopic (exact) mass is 375 g/mol. The second-order valence-corrected chi connectivity index (χ2v) is 6.26. The molecule has 0 saturated heterocycles. The quantitative estimate of drug-likeness (QED) is 0.525. The van der Waals surface area contributed by atoms with E-state index in [-0.39, 0.29) is 11.6 Å². The van der Waals surface area contributed by atoms with Gasteiger partial charge in [0.05, 0.1) is 11.4 Å². The average molecular weight is 376 g/mol. The Labute approximate surface area is 160 Å². The van der Waals surface area contributed by atoms with E-state index in [1.54, 1.807) is 0 Å². The van der Waals surface area contributed by atoms with Gasteiger partial charge in [-0.3, -0.25) is 4.79 Å².